The highest BCUT2D eigenvalue weighted by Crippen LogP contribution is 2.28. The van der Waals surface area contributed by atoms with Crippen LogP contribution in [-0.2, 0) is 0 Å². The first-order valence-corrected chi connectivity index (χ1v) is 4.55. The molecule has 0 heterocycles. The molecular weight excluding hydrogens is 148 g/mol. The fourth-order valence-corrected chi connectivity index (χ4v) is 1.48. The third kappa shape index (κ3) is 2.19. The normalized spacial score (nSPS) is 19.7. The minimum atomic E-state index is 0.183. The maximum absolute atomic E-state index is 3.69. The predicted octanol–water partition coefficient (Wildman–Crippen LogP) is 1.42. The van der Waals surface area contributed by atoms with Gasteiger partial charge >= 0.3 is 0 Å². The van der Waals surface area contributed by atoms with Crippen LogP contribution in [0.2, 0.25) is 0 Å². The van der Waals surface area contributed by atoms with Gasteiger partial charge in [0.05, 0.1) is 5.66 Å². The standard InChI is InChI=1S/C10H18N2/c1-3-8-11-10(6-5-7-10)12-9-4-2/h3-4,11-12H,1-2,5-9H2. The molecule has 1 saturated carbocycles. The van der Waals surface area contributed by atoms with Gasteiger partial charge in [0.15, 0.2) is 0 Å². The summed E-state index contributed by atoms with van der Waals surface area (Å²) >= 11 is 0. The fourth-order valence-electron chi connectivity index (χ4n) is 1.48. The maximum atomic E-state index is 3.69. The van der Waals surface area contributed by atoms with Crippen LogP contribution in [0, 0.1) is 0 Å². The average molecular weight is 166 g/mol. The first-order chi connectivity index (χ1) is 5.83. The zero-order valence-electron chi connectivity index (χ0n) is 7.60. The van der Waals surface area contributed by atoms with Gasteiger partial charge in [0.2, 0.25) is 0 Å². The number of rotatable bonds is 6. The third-order valence-corrected chi connectivity index (χ3v) is 2.38. The Balaban J connectivity index is 2.28. The lowest BCUT2D eigenvalue weighted by molar-refractivity contribution is 0.148. The van der Waals surface area contributed by atoms with Gasteiger partial charge in [0.25, 0.3) is 0 Å². The Labute approximate surface area is 74.7 Å². The predicted molar refractivity (Wildman–Crippen MR) is 53.0 cm³/mol. The molecule has 0 aromatic rings. The number of hydrogen-bond acceptors (Lipinski definition) is 2. The van der Waals surface area contributed by atoms with Gasteiger partial charge in [-0.05, 0) is 19.3 Å². The van der Waals surface area contributed by atoms with Gasteiger partial charge in [-0.1, -0.05) is 12.2 Å². The van der Waals surface area contributed by atoms with Crippen molar-refractivity contribution >= 4 is 0 Å². The second-order valence-electron chi connectivity index (χ2n) is 3.27. The minimum Gasteiger partial charge on any atom is -0.296 e. The summed E-state index contributed by atoms with van der Waals surface area (Å²) in [5.74, 6) is 0. The van der Waals surface area contributed by atoms with E-state index in [1.807, 2.05) is 12.2 Å². The zero-order valence-corrected chi connectivity index (χ0v) is 7.60. The Morgan fingerprint density at radius 2 is 1.58 bits per heavy atom. The second kappa shape index (κ2) is 4.43. The van der Waals surface area contributed by atoms with Gasteiger partial charge in [0.1, 0.15) is 0 Å². The molecule has 1 aliphatic carbocycles. The maximum Gasteiger partial charge on any atom is 0.0692 e. The molecule has 0 aliphatic heterocycles. The van der Waals surface area contributed by atoms with Crippen molar-refractivity contribution < 1.29 is 0 Å². The van der Waals surface area contributed by atoms with Crippen molar-refractivity contribution in [1.82, 2.24) is 10.6 Å². The summed E-state index contributed by atoms with van der Waals surface area (Å²) in [7, 11) is 0. The summed E-state index contributed by atoms with van der Waals surface area (Å²) in [5, 5.41) is 6.88. The van der Waals surface area contributed by atoms with Crippen LogP contribution < -0.4 is 10.6 Å². The highest BCUT2D eigenvalue weighted by atomic mass is 15.2. The van der Waals surface area contributed by atoms with Crippen LogP contribution in [0.15, 0.2) is 25.3 Å². The topological polar surface area (TPSA) is 24.1 Å². The molecule has 0 aromatic carbocycles. The highest BCUT2D eigenvalue weighted by molar-refractivity contribution is 4.96. The molecule has 0 spiro atoms. The molecule has 0 bridgehead atoms. The van der Waals surface area contributed by atoms with Crippen molar-refractivity contribution in [2.45, 2.75) is 24.9 Å². The van der Waals surface area contributed by atoms with E-state index in [4.69, 9.17) is 0 Å². The molecule has 2 nitrogen and oxygen atoms in total. The average Bonchev–Trinajstić information content (AvgIpc) is 2.02. The van der Waals surface area contributed by atoms with Crippen LogP contribution in [0.5, 0.6) is 0 Å². The van der Waals surface area contributed by atoms with E-state index in [1.54, 1.807) is 0 Å². The van der Waals surface area contributed by atoms with E-state index >= 15 is 0 Å². The highest BCUT2D eigenvalue weighted by Gasteiger charge is 2.34. The summed E-state index contributed by atoms with van der Waals surface area (Å²) in [5.41, 5.74) is 0.183. The molecular formula is C10H18N2. The van der Waals surface area contributed by atoms with Crippen LogP contribution >= 0.6 is 0 Å². The lowest BCUT2D eigenvalue weighted by Crippen LogP contribution is -2.61. The summed E-state index contributed by atoms with van der Waals surface area (Å²) in [6.07, 6.45) is 7.54. The molecule has 0 radical (unpaired) electrons. The first kappa shape index (κ1) is 9.49. The van der Waals surface area contributed by atoms with Crippen molar-refractivity contribution in [3.63, 3.8) is 0 Å². The van der Waals surface area contributed by atoms with Gasteiger partial charge in [-0.2, -0.15) is 0 Å². The van der Waals surface area contributed by atoms with Gasteiger partial charge < -0.3 is 0 Å². The number of hydrogen-bond donors (Lipinski definition) is 2. The van der Waals surface area contributed by atoms with E-state index in [0.717, 1.165) is 13.1 Å². The third-order valence-electron chi connectivity index (χ3n) is 2.38. The van der Waals surface area contributed by atoms with Crippen LogP contribution in [0.4, 0.5) is 0 Å². The van der Waals surface area contributed by atoms with Crippen LogP contribution in [0.1, 0.15) is 19.3 Å². The summed E-state index contributed by atoms with van der Waals surface area (Å²) in [6.45, 7) is 9.14. The largest absolute Gasteiger partial charge is 0.296 e. The molecule has 0 aromatic heterocycles. The molecule has 1 fully saturated rings. The van der Waals surface area contributed by atoms with E-state index in [-0.39, 0.29) is 5.66 Å². The van der Waals surface area contributed by atoms with Crippen molar-refractivity contribution in [1.29, 1.82) is 0 Å². The summed E-state index contributed by atoms with van der Waals surface area (Å²) in [6, 6.07) is 0. The lowest BCUT2D eigenvalue weighted by Gasteiger charge is -2.43. The molecule has 0 unspecified atom stereocenters. The van der Waals surface area contributed by atoms with Gasteiger partial charge in [0, 0.05) is 13.1 Å². The van der Waals surface area contributed by atoms with Gasteiger partial charge in [-0.15, -0.1) is 13.2 Å². The van der Waals surface area contributed by atoms with E-state index in [2.05, 4.69) is 23.8 Å². The van der Waals surface area contributed by atoms with Crippen molar-refractivity contribution in [2.75, 3.05) is 13.1 Å². The Morgan fingerprint density at radius 3 is 1.83 bits per heavy atom. The Morgan fingerprint density at radius 1 is 1.08 bits per heavy atom. The zero-order chi connectivity index (χ0) is 8.86. The summed E-state index contributed by atoms with van der Waals surface area (Å²) in [4.78, 5) is 0. The van der Waals surface area contributed by atoms with Gasteiger partial charge in [-0.25, -0.2) is 0 Å². The Bertz CT molecular complexity index is 145. The van der Waals surface area contributed by atoms with E-state index in [9.17, 15) is 0 Å². The molecule has 12 heavy (non-hydrogen) atoms. The fraction of sp³-hybridized carbons (Fsp3) is 0.600. The molecule has 0 amide bonds. The van der Waals surface area contributed by atoms with E-state index in [0.29, 0.717) is 0 Å². The molecule has 1 rings (SSSR count). The van der Waals surface area contributed by atoms with E-state index in [1.165, 1.54) is 19.3 Å². The minimum absolute atomic E-state index is 0.183. The molecule has 2 N–H and O–H groups in total. The Hall–Kier alpha value is -0.600. The second-order valence-corrected chi connectivity index (χ2v) is 3.27. The molecule has 0 saturated heterocycles. The number of nitrogens with one attached hydrogen (secondary N) is 2. The monoisotopic (exact) mass is 166 g/mol. The quantitative estimate of drug-likeness (QED) is 0.460. The van der Waals surface area contributed by atoms with Crippen LogP contribution in [0.3, 0.4) is 0 Å². The van der Waals surface area contributed by atoms with E-state index < -0.39 is 0 Å². The van der Waals surface area contributed by atoms with Crippen molar-refractivity contribution in [3.8, 4) is 0 Å². The van der Waals surface area contributed by atoms with Crippen LogP contribution in [-0.4, -0.2) is 18.8 Å². The molecule has 0 atom stereocenters. The first-order valence-electron chi connectivity index (χ1n) is 4.55. The lowest BCUT2D eigenvalue weighted by atomic mass is 9.84. The smallest absolute Gasteiger partial charge is 0.0692 e. The Kier molecular flexibility index (Phi) is 3.50. The van der Waals surface area contributed by atoms with Crippen LogP contribution in [0.25, 0.3) is 0 Å². The van der Waals surface area contributed by atoms with Crippen molar-refractivity contribution in [3.05, 3.63) is 25.3 Å². The van der Waals surface area contributed by atoms with Gasteiger partial charge in [-0.3, -0.25) is 10.6 Å². The molecule has 68 valence electrons. The van der Waals surface area contributed by atoms with Crippen molar-refractivity contribution in [2.24, 2.45) is 0 Å². The molecule has 1 aliphatic rings. The molecule has 2 heteroatoms. The summed E-state index contributed by atoms with van der Waals surface area (Å²) < 4.78 is 0. The SMILES string of the molecule is C=CCNC1(NCC=C)CCC1.